The van der Waals surface area contributed by atoms with Gasteiger partial charge in [0.15, 0.2) is 0 Å². The van der Waals surface area contributed by atoms with Crippen LogP contribution in [0.25, 0.3) is 0 Å². The molecule has 8 nitrogen and oxygen atoms in total. The number of cyclic esters (lactones) is 1. The summed E-state index contributed by atoms with van der Waals surface area (Å²) in [5.41, 5.74) is 1.77. The van der Waals surface area contributed by atoms with Gasteiger partial charge in [-0.3, -0.25) is 0 Å². The van der Waals surface area contributed by atoms with Crippen LogP contribution in [0.15, 0.2) is 24.3 Å². The van der Waals surface area contributed by atoms with E-state index >= 15 is 0 Å². The minimum Gasteiger partial charge on any atom is -0.462 e. The normalized spacial score (nSPS) is 14.9. The summed E-state index contributed by atoms with van der Waals surface area (Å²) in [6, 6.07) is 6.97. The molecule has 1 N–H and O–H groups in total. The zero-order valence-corrected chi connectivity index (χ0v) is 17.1. The number of rotatable bonds is 8. The summed E-state index contributed by atoms with van der Waals surface area (Å²) in [5.74, 6) is -1.59. The summed E-state index contributed by atoms with van der Waals surface area (Å²) >= 11 is 1.05. The van der Waals surface area contributed by atoms with Gasteiger partial charge in [0.1, 0.15) is 16.5 Å². The Bertz CT molecular complexity index is 937. The molecule has 0 aliphatic carbocycles. The smallest absolute Gasteiger partial charge is 0.348 e. The number of anilines is 1. The molecule has 0 radical (unpaired) electrons. The monoisotopic (exact) mass is 419 g/mol. The Hall–Kier alpha value is -2.91. The minimum atomic E-state index is -0.776. The van der Waals surface area contributed by atoms with Gasteiger partial charge in [0, 0.05) is 12.7 Å². The van der Waals surface area contributed by atoms with Gasteiger partial charge < -0.3 is 24.3 Å². The fourth-order valence-corrected chi connectivity index (χ4v) is 4.02. The van der Waals surface area contributed by atoms with Crippen molar-refractivity contribution in [2.75, 3.05) is 32.2 Å². The fourth-order valence-electron chi connectivity index (χ4n) is 2.91. The third-order valence-electron chi connectivity index (χ3n) is 4.28. The van der Waals surface area contributed by atoms with Crippen LogP contribution in [0.3, 0.4) is 0 Å². The Labute approximate surface area is 171 Å². The lowest BCUT2D eigenvalue weighted by Gasteiger charge is -2.14. The highest BCUT2D eigenvalue weighted by Gasteiger charge is 2.34. The first-order valence-corrected chi connectivity index (χ1v) is 9.82. The van der Waals surface area contributed by atoms with Gasteiger partial charge in [-0.2, -0.15) is 0 Å². The molecule has 1 aromatic carbocycles. The van der Waals surface area contributed by atoms with E-state index < -0.39 is 24.1 Å². The molecule has 1 aliphatic heterocycles. The van der Waals surface area contributed by atoms with Crippen LogP contribution in [-0.4, -0.2) is 44.8 Å². The van der Waals surface area contributed by atoms with Crippen molar-refractivity contribution < 1.29 is 33.3 Å². The maximum absolute atomic E-state index is 12.5. The van der Waals surface area contributed by atoms with Crippen molar-refractivity contribution in [1.82, 2.24) is 0 Å². The van der Waals surface area contributed by atoms with Gasteiger partial charge in [0.2, 0.25) is 6.23 Å². The van der Waals surface area contributed by atoms with E-state index in [9.17, 15) is 14.4 Å². The molecule has 1 aromatic heterocycles. The molecule has 1 aliphatic rings. The van der Waals surface area contributed by atoms with Crippen LogP contribution in [0.1, 0.15) is 54.7 Å². The van der Waals surface area contributed by atoms with Crippen LogP contribution < -0.4 is 5.32 Å². The van der Waals surface area contributed by atoms with Crippen LogP contribution in [-0.2, 0) is 18.9 Å². The second-order valence-corrected chi connectivity index (χ2v) is 7.15. The summed E-state index contributed by atoms with van der Waals surface area (Å²) < 4.78 is 20.6. The van der Waals surface area contributed by atoms with Crippen LogP contribution in [0, 0.1) is 6.92 Å². The average Bonchev–Trinajstić information content (AvgIpc) is 3.19. The second-order valence-electron chi connectivity index (χ2n) is 6.13. The Kier molecular flexibility index (Phi) is 6.50. The Balaban J connectivity index is 1.93. The largest absolute Gasteiger partial charge is 0.462 e. The number of ether oxygens (including phenoxy) is 4. The lowest BCUT2D eigenvalue weighted by molar-refractivity contribution is 0.0391. The summed E-state index contributed by atoms with van der Waals surface area (Å²) in [4.78, 5) is 37.3. The van der Waals surface area contributed by atoms with Gasteiger partial charge in [-0.15, -0.1) is 11.3 Å². The fraction of sp³-hybridized carbons (Fsp3) is 0.350. The highest BCUT2D eigenvalue weighted by Crippen LogP contribution is 2.39. The van der Waals surface area contributed by atoms with Crippen LogP contribution >= 0.6 is 11.3 Å². The zero-order valence-electron chi connectivity index (χ0n) is 16.3. The predicted octanol–water partition coefficient (Wildman–Crippen LogP) is 3.32. The number of hydrogen-bond acceptors (Lipinski definition) is 9. The van der Waals surface area contributed by atoms with Crippen molar-refractivity contribution in [1.29, 1.82) is 0 Å². The van der Waals surface area contributed by atoms with E-state index in [0.717, 1.165) is 11.3 Å². The van der Waals surface area contributed by atoms with Gasteiger partial charge >= 0.3 is 17.9 Å². The Morgan fingerprint density at radius 1 is 1.17 bits per heavy atom. The first-order chi connectivity index (χ1) is 14.0. The molecule has 0 spiro atoms. The first-order valence-electron chi connectivity index (χ1n) is 9.00. The second kappa shape index (κ2) is 9.06. The maximum atomic E-state index is 12.5. The van der Waals surface area contributed by atoms with Crippen LogP contribution in [0.2, 0.25) is 0 Å². The van der Waals surface area contributed by atoms with Gasteiger partial charge in [-0.25, -0.2) is 14.4 Å². The quantitative estimate of drug-likeness (QED) is 0.395. The van der Waals surface area contributed by atoms with E-state index in [1.54, 1.807) is 38.1 Å². The molecule has 0 amide bonds. The standard InChI is InChI=1S/C20H21NO7S/c1-4-26-19(23)14-11(2)15(20(24)27-10-9-25-3)29-17(14)21-16-12-7-5-6-8-13(12)18(22)28-16/h5-8,16,21H,4,9-10H2,1-3H3/t16-/m0/s1. The summed E-state index contributed by atoms with van der Waals surface area (Å²) in [6.07, 6.45) is -0.776. The topological polar surface area (TPSA) is 100 Å². The molecule has 0 unspecified atom stereocenters. The predicted molar refractivity (Wildman–Crippen MR) is 105 cm³/mol. The average molecular weight is 419 g/mol. The van der Waals surface area contributed by atoms with Crippen molar-refractivity contribution in [3.05, 3.63) is 51.4 Å². The third-order valence-corrected chi connectivity index (χ3v) is 5.49. The molecule has 0 bridgehead atoms. The molecule has 3 rings (SSSR count). The van der Waals surface area contributed by atoms with E-state index in [2.05, 4.69) is 5.32 Å². The van der Waals surface area contributed by atoms with Crippen molar-refractivity contribution in [2.45, 2.75) is 20.1 Å². The minimum absolute atomic E-state index is 0.0950. The number of benzene rings is 1. The van der Waals surface area contributed by atoms with Gasteiger partial charge in [0.05, 0.1) is 24.3 Å². The van der Waals surface area contributed by atoms with Gasteiger partial charge in [-0.05, 0) is 25.5 Å². The molecule has 0 saturated heterocycles. The number of nitrogens with one attached hydrogen (secondary N) is 1. The Morgan fingerprint density at radius 2 is 1.93 bits per heavy atom. The number of carbonyl (C=O) groups excluding carboxylic acids is 3. The van der Waals surface area contributed by atoms with E-state index in [4.69, 9.17) is 18.9 Å². The number of methoxy groups -OCH3 is 1. The Morgan fingerprint density at radius 3 is 2.66 bits per heavy atom. The highest BCUT2D eigenvalue weighted by molar-refractivity contribution is 7.18. The lowest BCUT2D eigenvalue weighted by Crippen LogP contribution is -2.14. The maximum Gasteiger partial charge on any atom is 0.348 e. The number of carbonyl (C=O) groups is 3. The van der Waals surface area contributed by atoms with E-state index in [1.165, 1.54) is 7.11 Å². The molecular formula is C20H21NO7S. The van der Waals surface area contributed by atoms with E-state index in [-0.39, 0.29) is 30.3 Å². The van der Waals surface area contributed by atoms with E-state index in [0.29, 0.717) is 21.7 Å². The molecule has 29 heavy (non-hydrogen) atoms. The highest BCUT2D eigenvalue weighted by atomic mass is 32.1. The van der Waals surface area contributed by atoms with Crippen molar-refractivity contribution in [3.63, 3.8) is 0 Å². The summed E-state index contributed by atoms with van der Waals surface area (Å²) in [5, 5.41) is 3.43. The molecule has 9 heteroatoms. The summed E-state index contributed by atoms with van der Waals surface area (Å²) in [7, 11) is 1.51. The number of esters is 3. The number of thiophene rings is 1. The van der Waals surface area contributed by atoms with Crippen molar-refractivity contribution in [3.8, 4) is 0 Å². The molecule has 154 valence electrons. The molecule has 2 heterocycles. The van der Waals surface area contributed by atoms with Crippen molar-refractivity contribution in [2.24, 2.45) is 0 Å². The zero-order chi connectivity index (χ0) is 21.0. The van der Waals surface area contributed by atoms with Crippen LogP contribution in [0.4, 0.5) is 5.00 Å². The molecule has 0 fully saturated rings. The van der Waals surface area contributed by atoms with Crippen molar-refractivity contribution >= 4 is 34.2 Å². The molecular weight excluding hydrogens is 398 g/mol. The van der Waals surface area contributed by atoms with E-state index in [1.807, 2.05) is 0 Å². The SMILES string of the molecule is CCOC(=O)c1c(N[C@H]2OC(=O)c3ccccc32)sc(C(=O)OCCOC)c1C. The molecule has 0 saturated carbocycles. The first kappa shape index (κ1) is 20.8. The summed E-state index contributed by atoms with van der Waals surface area (Å²) in [6.45, 7) is 3.89. The number of hydrogen-bond donors (Lipinski definition) is 1. The third kappa shape index (κ3) is 4.25. The molecule has 1 atom stereocenters. The van der Waals surface area contributed by atoms with Crippen LogP contribution in [0.5, 0.6) is 0 Å². The van der Waals surface area contributed by atoms with Gasteiger partial charge in [-0.1, -0.05) is 18.2 Å². The number of fused-ring (bicyclic) bond motifs is 1. The van der Waals surface area contributed by atoms with Gasteiger partial charge in [0.25, 0.3) is 0 Å². The molecule has 2 aromatic rings. The lowest BCUT2D eigenvalue weighted by atomic mass is 10.1.